The van der Waals surface area contributed by atoms with Crippen molar-refractivity contribution in [3.05, 3.63) is 35.6 Å². The molecule has 0 aliphatic carbocycles. The van der Waals surface area contributed by atoms with Gasteiger partial charge in [-0.15, -0.1) is 0 Å². The molecule has 1 heterocycles. The highest BCUT2D eigenvalue weighted by Crippen LogP contribution is 2.24. The van der Waals surface area contributed by atoms with Crippen LogP contribution in [0.2, 0.25) is 0 Å². The Balaban J connectivity index is 2.31. The number of Topliss-reactive ketones (excluding diaryl/α,β-unsaturated/α-hetero) is 1. The molecule has 0 saturated heterocycles. The standard InChI is InChI=1S/C16H20O3/c1-4-11(5-2)15(17)16(18)14-9-12-8-10(3)6-7-13(12)19-14/h6-9,11,15,17H,4-5H2,1-3H3. The Morgan fingerprint density at radius 3 is 2.58 bits per heavy atom. The van der Waals surface area contributed by atoms with Crippen LogP contribution >= 0.6 is 0 Å². The Morgan fingerprint density at radius 2 is 1.95 bits per heavy atom. The average molecular weight is 260 g/mol. The van der Waals surface area contributed by atoms with Crippen LogP contribution in [0.25, 0.3) is 11.0 Å². The van der Waals surface area contributed by atoms with E-state index in [9.17, 15) is 9.90 Å². The second-order valence-corrected chi connectivity index (χ2v) is 5.04. The monoisotopic (exact) mass is 260 g/mol. The van der Waals surface area contributed by atoms with E-state index in [2.05, 4.69) is 0 Å². The van der Waals surface area contributed by atoms with Gasteiger partial charge in [0.1, 0.15) is 11.7 Å². The molecule has 0 amide bonds. The Kier molecular flexibility index (Phi) is 4.05. The molecule has 2 rings (SSSR count). The summed E-state index contributed by atoms with van der Waals surface area (Å²) in [5.74, 6) is -0.0787. The Bertz CT molecular complexity index is 579. The van der Waals surface area contributed by atoms with Gasteiger partial charge in [-0.3, -0.25) is 4.79 Å². The average Bonchev–Trinajstić information content (AvgIpc) is 2.81. The Labute approximate surface area is 113 Å². The summed E-state index contributed by atoms with van der Waals surface area (Å²) in [6, 6.07) is 7.48. The molecule has 0 aliphatic heterocycles. The fourth-order valence-electron chi connectivity index (χ4n) is 2.38. The maximum Gasteiger partial charge on any atom is 0.226 e. The van der Waals surface area contributed by atoms with Crippen LogP contribution in [0, 0.1) is 12.8 Å². The molecule has 2 aromatic rings. The quantitative estimate of drug-likeness (QED) is 0.833. The molecule has 3 heteroatoms. The lowest BCUT2D eigenvalue weighted by Crippen LogP contribution is -2.28. The number of carbonyl (C=O) groups is 1. The first-order chi connectivity index (χ1) is 9.06. The van der Waals surface area contributed by atoms with E-state index in [1.54, 1.807) is 6.07 Å². The number of hydrogen-bond acceptors (Lipinski definition) is 3. The molecule has 1 aromatic heterocycles. The molecule has 0 fully saturated rings. The van der Waals surface area contributed by atoms with Crippen LogP contribution in [-0.4, -0.2) is 17.0 Å². The van der Waals surface area contributed by atoms with Crippen LogP contribution in [0.5, 0.6) is 0 Å². The zero-order valence-electron chi connectivity index (χ0n) is 11.6. The molecule has 0 bridgehead atoms. The van der Waals surface area contributed by atoms with Gasteiger partial charge in [-0.1, -0.05) is 38.3 Å². The van der Waals surface area contributed by atoms with E-state index in [0.717, 1.165) is 23.8 Å². The zero-order chi connectivity index (χ0) is 14.0. The fraction of sp³-hybridized carbons (Fsp3) is 0.438. The van der Waals surface area contributed by atoms with Crippen molar-refractivity contribution in [2.45, 2.75) is 39.7 Å². The Morgan fingerprint density at radius 1 is 1.26 bits per heavy atom. The molecule has 1 N–H and O–H groups in total. The maximum atomic E-state index is 12.2. The number of hydrogen-bond donors (Lipinski definition) is 1. The number of ketones is 1. The largest absolute Gasteiger partial charge is 0.453 e. The van der Waals surface area contributed by atoms with Gasteiger partial charge in [0.25, 0.3) is 0 Å². The lowest BCUT2D eigenvalue weighted by molar-refractivity contribution is 0.0562. The molecule has 1 atom stereocenters. The fourth-order valence-corrected chi connectivity index (χ4v) is 2.38. The predicted molar refractivity (Wildman–Crippen MR) is 75.4 cm³/mol. The molecule has 102 valence electrons. The lowest BCUT2D eigenvalue weighted by Gasteiger charge is -2.17. The lowest BCUT2D eigenvalue weighted by atomic mass is 9.93. The van der Waals surface area contributed by atoms with Crippen molar-refractivity contribution in [1.82, 2.24) is 0 Å². The van der Waals surface area contributed by atoms with Gasteiger partial charge in [-0.25, -0.2) is 0 Å². The summed E-state index contributed by atoms with van der Waals surface area (Å²) in [5, 5.41) is 11.0. The third-order valence-electron chi connectivity index (χ3n) is 3.68. The van der Waals surface area contributed by atoms with Gasteiger partial charge in [0, 0.05) is 5.39 Å². The third-order valence-corrected chi connectivity index (χ3v) is 3.68. The molecule has 0 radical (unpaired) electrons. The van der Waals surface area contributed by atoms with Gasteiger partial charge in [0.05, 0.1) is 0 Å². The number of aryl methyl sites for hydroxylation is 1. The number of furan rings is 1. The molecular formula is C16H20O3. The number of rotatable bonds is 5. The number of benzene rings is 1. The topological polar surface area (TPSA) is 50.4 Å². The normalized spacial score (nSPS) is 13.1. The summed E-state index contributed by atoms with van der Waals surface area (Å²) in [7, 11) is 0. The molecular weight excluding hydrogens is 240 g/mol. The molecule has 1 aromatic carbocycles. The van der Waals surface area contributed by atoms with E-state index in [1.807, 2.05) is 39.0 Å². The highest BCUT2D eigenvalue weighted by atomic mass is 16.4. The number of fused-ring (bicyclic) bond motifs is 1. The third kappa shape index (κ3) is 2.71. The highest BCUT2D eigenvalue weighted by Gasteiger charge is 2.27. The first kappa shape index (κ1) is 13.8. The van der Waals surface area contributed by atoms with Crippen molar-refractivity contribution < 1.29 is 14.3 Å². The molecule has 3 nitrogen and oxygen atoms in total. The molecule has 0 spiro atoms. The SMILES string of the molecule is CCC(CC)C(O)C(=O)c1cc2cc(C)ccc2o1. The van der Waals surface area contributed by atoms with E-state index >= 15 is 0 Å². The molecule has 19 heavy (non-hydrogen) atoms. The van der Waals surface area contributed by atoms with Crippen molar-refractivity contribution in [3.8, 4) is 0 Å². The smallest absolute Gasteiger partial charge is 0.226 e. The summed E-state index contributed by atoms with van der Waals surface area (Å²) in [5.41, 5.74) is 1.80. The molecule has 0 saturated carbocycles. The van der Waals surface area contributed by atoms with E-state index in [-0.39, 0.29) is 17.5 Å². The van der Waals surface area contributed by atoms with Crippen molar-refractivity contribution in [2.75, 3.05) is 0 Å². The van der Waals surface area contributed by atoms with Crippen molar-refractivity contribution in [3.63, 3.8) is 0 Å². The minimum atomic E-state index is -0.975. The second-order valence-electron chi connectivity index (χ2n) is 5.04. The minimum absolute atomic E-state index is 0.0116. The van der Waals surface area contributed by atoms with E-state index < -0.39 is 6.10 Å². The van der Waals surface area contributed by atoms with Crippen LogP contribution in [0.1, 0.15) is 42.8 Å². The van der Waals surface area contributed by atoms with Gasteiger partial charge in [0.15, 0.2) is 5.76 Å². The van der Waals surface area contributed by atoms with Gasteiger partial charge in [-0.2, -0.15) is 0 Å². The number of carbonyl (C=O) groups excluding carboxylic acids is 1. The van der Waals surface area contributed by atoms with Gasteiger partial charge in [-0.05, 0) is 31.0 Å². The van der Waals surface area contributed by atoms with Crippen LogP contribution in [0.15, 0.2) is 28.7 Å². The van der Waals surface area contributed by atoms with E-state index in [4.69, 9.17) is 4.42 Å². The van der Waals surface area contributed by atoms with Crippen LogP contribution in [-0.2, 0) is 0 Å². The first-order valence-electron chi connectivity index (χ1n) is 6.79. The van der Waals surface area contributed by atoms with E-state index in [1.165, 1.54) is 0 Å². The zero-order valence-corrected chi connectivity index (χ0v) is 11.6. The number of aliphatic hydroxyl groups is 1. The molecule has 0 aliphatic rings. The minimum Gasteiger partial charge on any atom is -0.453 e. The van der Waals surface area contributed by atoms with Gasteiger partial charge < -0.3 is 9.52 Å². The van der Waals surface area contributed by atoms with Crippen molar-refractivity contribution in [1.29, 1.82) is 0 Å². The Hall–Kier alpha value is -1.61. The van der Waals surface area contributed by atoms with Crippen molar-refractivity contribution in [2.24, 2.45) is 5.92 Å². The van der Waals surface area contributed by atoms with Gasteiger partial charge >= 0.3 is 0 Å². The summed E-state index contributed by atoms with van der Waals surface area (Å²) in [6.45, 7) is 5.95. The summed E-state index contributed by atoms with van der Waals surface area (Å²) >= 11 is 0. The van der Waals surface area contributed by atoms with Crippen LogP contribution < -0.4 is 0 Å². The highest BCUT2D eigenvalue weighted by molar-refractivity contribution is 6.00. The van der Waals surface area contributed by atoms with E-state index in [0.29, 0.717) is 5.58 Å². The number of aliphatic hydroxyl groups excluding tert-OH is 1. The predicted octanol–water partition coefficient (Wildman–Crippen LogP) is 3.72. The maximum absolute atomic E-state index is 12.2. The summed E-state index contributed by atoms with van der Waals surface area (Å²) in [6.07, 6.45) is 0.586. The molecule has 1 unspecified atom stereocenters. The van der Waals surface area contributed by atoms with Crippen LogP contribution in [0.3, 0.4) is 0 Å². The van der Waals surface area contributed by atoms with Crippen LogP contribution in [0.4, 0.5) is 0 Å². The van der Waals surface area contributed by atoms with Gasteiger partial charge in [0.2, 0.25) is 5.78 Å². The van der Waals surface area contributed by atoms with Crippen molar-refractivity contribution >= 4 is 16.8 Å². The first-order valence-corrected chi connectivity index (χ1v) is 6.79. The second kappa shape index (κ2) is 5.57. The summed E-state index contributed by atoms with van der Waals surface area (Å²) < 4.78 is 5.54. The summed E-state index contributed by atoms with van der Waals surface area (Å²) in [4.78, 5) is 12.2.